The lowest BCUT2D eigenvalue weighted by Crippen LogP contribution is -2.48. The Hall–Kier alpha value is -2.13. The largest absolute Gasteiger partial charge is 0.381 e. The van der Waals surface area contributed by atoms with Crippen molar-refractivity contribution in [2.24, 2.45) is 17.1 Å². The molecular weight excluding hydrogens is 377 g/mol. The number of anilines is 3. The maximum atomic E-state index is 14.1. The smallest absolute Gasteiger partial charge is 0.179 e. The van der Waals surface area contributed by atoms with E-state index < -0.39 is 5.82 Å². The van der Waals surface area contributed by atoms with E-state index in [1.54, 1.807) is 12.3 Å². The van der Waals surface area contributed by atoms with Crippen LogP contribution in [0.4, 0.5) is 21.8 Å². The normalized spacial score (nSPS) is 24.0. The predicted molar refractivity (Wildman–Crippen MR) is 109 cm³/mol. The van der Waals surface area contributed by atoms with Crippen LogP contribution in [0.2, 0.25) is 0 Å². The van der Waals surface area contributed by atoms with Gasteiger partial charge in [-0.15, -0.1) is 0 Å². The van der Waals surface area contributed by atoms with Gasteiger partial charge in [0.2, 0.25) is 0 Å². The fourth-order valence-corrected chi connectivity index (χ4v) is 5.25. The number of nitrogen functional groups attached to an aromatic ring is 2. The van der Waals surface area contributed by atoms with E-state index in [1.807, 2.05) is 0 Å². The number of rotatable bonds is 3. The SMILES string of the molecule is CC1CCC2(CCN(c3cnc(Sc4ccnc(N)c4F)c(N)n3)CC2)C1N. The molecule has 1 aliphatic carbocycles. The summed E-state index contributed by atoms with van der Waals surface area (Å²) in [4.78, 5) is 15.2. The maximum absolute atomic E-state index is 14.1. The van der Waals surface area contributed by atoms with E-state index in [0.717, 1.165) is 43.5 Å². The molecule has 28 heavy (non-hydrogen) atoms. The van der Waals surface area contributed by atoms with E-state index in [-0.39, 0.29) is 23.1 Å². The standard InChI is InChI=1S/C19H26FN7S/c1-11-2-4-19(15(11)21)5-8-27(9-6-19)13-10-25-18(17(23)26-13)28-12-3-7-24-16(22)14(12)20/h3,7,10-11,15H,2,4-6,8-9,21H2,1H3,(H2,22,24)(H2,23,26). The van der Waals surface area contributed by atoms with E-state index in [9.17, 15) is 4.39 Å². The van der Waals surface area contributed by atoms with Gasteiger partial charge in [0.05, 0.1) is 11.1 Å². The number of nitrogens with two attached hydrogens (primary N) is 3. The molecule has 0 amide bonds. The highest BCUT2D eigenvalue weighted by Gasteiger charge is 2.46. The van der Waals surface area contributed by atoms with Crippen LogP contribution in [0.15, 0.2) is 28.4 Å². The van der Waals surface area contributed by atoms with Crippen molar-refractivity contribution in [2.45, 2.75) is 48.6 Å². The van der Waals surface area contributed by atoms with Crippen molar-refractivity contribution in [3.63, 3.8) is 0 Å². The van der Waals surface area contributed by atoms with Gasteiger partial charge in [0.1, 0.15) is 10.8 Å². The Morgan fingerprint density at radius 2 is 1.93 bits per heavy atom. The van der Waals surface area contributed by atoms with Crippen LogP contribution in [-0.4, -0.2) is 34.1 Å². The first-order valence-corrected chi connectivity index (χ1v) is 10.4. The molecule has 150 valence electrons. The van der Waals surface area contributed by atoms with E-state index in [1.165, 1.54) is 19.0 Å². The van der Waals surface area contributed by atoms with Crippen LogP contribution in [0.25, 0.3) is 0 Å². The zero-order valence-electron chi connectivity index (χ0n) is 15.9. The second kappa shape index (κ2) is 7.36. The van der Waals surface area contributed by atoms with Gasteiger partial charge in [-0.2, -0.15) is 0 Å². The second-order valence-electron chi connectivity index (χ2n) is 7.92. The minimum atomic E-state index is -0.568. The van der Waals surface area contributed by atoms with Gasteiger partial charge >= 0.3 is 0 Å². The van der Waals surface area contributed by atoms with Crippen molar-refractivity contribution < 1.29 is 4.39 Å². The molecule has 1 saturated heterocycles. The maximum Gasteiger partial charge on any atom is 0.179 e. The zero-order valence-corrected chi connectivity index (χ0v) is 16.8. The van der Waals surface area contributed by atoms with Crippen molar-refractivity contribution in [2.75, 3.05) is 29.5 Å². The summed E-state index contributed by atoms with van der Waals surface area (Å²) in [5.41, 5.74) is 18.4. The van der Waals surface area contributed by atoms with Gasteiger partial charge in [-0.1, -0.05) is 18.7 Å². The van der Waals surface area contributed by atoms with Gasteiger partial charge in [0.25, 0.3) is 0 Å². The molecule has 2 aromatic rings. The van der Waals surface area contributed by atoms with Crippen LogP contribution in [0.5, 0.6) is 0 Å². The van der Waals surface area contributed by atoms with Crippen molar-refractivity contribution in [1.29, 1.82) is 0 Å². The molecule has 0 radical (unpaired) electrons. The quantitative estimate of drug-likeness (QED) is 0.715. The fraction of sp³-hybridized carbons (Fsp3) is 0.526. The van der Waals surface area contributed by atoms with Gasteiger partial charge in [-0.25, -0.2) is 19.3 Å². The molecule has 7 nitrogen and oxygen atoms in total. The first-order valence-electron chi connectivity index (χ1n) is 9.60. The van der Waals surface area contributed by atoms with Crippen LogP contribution < -0.4 is 22.1 Å². The molecule has 0 bridgehead atoms. The Morgan fingerprint density at radius 3 is 2.57 bits per heavy atom. The highest BCUT2D eigenvalue weighted by atomic mass is 32.2. The highest BCUT2D eigenvalue weighted by molar-refractivity contribution is 7.99. The van der Waals surface area contributed by atoms with Crippen LogP contribution in [0, 0.1) is 17.2 Å². The summed E-state index contributed by atoms with van der Waals surface area (Å²) in [5, 5.41) is 0.452. The van der Waals surface area contributed by atoms with Gasteiger partial charge in [-0.05, 0) is 43.1 Å². The number of pyridine rings is 1. The molecule has 2 fully saturated rings. The summed E-state index contributed by atoms with van der Waals surface area (Å²) in [6.07, 6.45) is 7.73. The van der Waals surface area contributed by atoms with Gasteiger partial charge < -0.3 is 22.1 Å². The summed E-state index contributed by atoms with van der Waals surface area (Å²) < 4.78 is 14.1. The lowest BCUT2D eigenvalue weighted by atomic mass is 9.73. The summed E-state index contributed by atoms with van der Waals surface area (Å²) in [6, 6.07) is 1.83. The molecular formula is C19H26FN7S. The molecule has 3 heterocycles. The third-order valence-corrected chi connectivity index (χ3v) is 7.38. The Balaban J connectivity index is 1.46. The third kappa shape index (κ3) is 3.37. The molecule has 1 saturated carbocycles. The lowest BCUT2D eigenvalue weighted by molar-refractivity contribution is 0.186. The number of halogens is 1. The summed E-state index contributed by atoms with van der Waals surface area (Å²) in [7, 11) is 0. The molecule has 4 rings (SSSR count). The Bertz CT molecular complexity index is 869. The molecule has 1 aliphatic heterocycles. The van der Waals surface area contributed by atoms with Crippen molar-refractivity contribution in [1.82, 2.24) is 15.0 Å². The summed E-state index contributed by atoms with van der Waals surface area (Å²) >= 11 is 1.10. The number of nitrogens with zero attached hydrogens (tertiary/aromatic N) is 4. The summed E-state index contributed by atoms with van der Waals surface area (Å²) in [6.45, 7) is 4.06. The first-order chi connectivity index (χ1) is 13.4. The van der Waals surface area contributed by atoms with E-state index in [4.69, 9.17) is 17.2 Å². The number of piperidine rings is 1. The van der Waals surface area contributed by atoms with Crippen LogP contribution >= 0.6 is 11.8 Å². The lowest BCUT2D eigenvalue weighted by Gasteiger charge is -2.43. The number of hydrogen-bond donors (Lipinski definition) is 3. The molecule has 2 aromatic heterocycles. The Labute approximate surface area is 168 Å². The molecule has 2 unspecified atom stereocenters. The van der Waals surface area contributed by atoms with Gasteiger partial charge in [-0.3, -0.25) is 0 Å². The minimum Gasteiger partial charge on any atom is -0.381 e. The molecule has 2 aliphatic rings. The van der Waals surface area contributed by atoms with E-state index in [0.29, 0.717) is 15.8 Å². The minimum absolute atomic E-state index is 0.144. The topological polar surface area (TPSA) is 120 Å². The molecule has 2 atom stereocenters. The molecule has 6 N–H and O–H groups in total. The van der Waals surface area contributed by atoms with Gasteiger partial charge in [0, 0.05) is 25.3 Å². The summed E-state index contributed by atoms with van der Waals surface area (Å²) in [5.74, 6) is 0.923. The fourth-order valence-electron chi connectivity index (χ4n) is 4.47. The first kappa shape index (κ1) is 19.2. The predicted octanol–water partition coefficient (Wildman–Crippen LogP) is 2.67. The van der Waals surface area contributed by atoms with Gasteiger partial charge in [0.15, 0.2) is 17.5 Å². The number of hydrogen-bond acceptors (Lipinski definition) is 8. The monoisotopic (exact) mass is 403 g/mol. The zero-order chi connectivity index (χ0) is 19.9. The van der Waals surface area contributed by atoms with Crippen LogP contribution in [-0.2, 0) is 0 Å². The second-order valence-corrected chi connectivity index (χ2v) is 8.95. The average molecular weight is 404 g/mol. The van der Waals surface area contributed by atoms with Crippen molar-refractivity contribution >= 4 is 29.2 Å². The van der Waals surface area contributed by atoms with E-state index in [2.05, 4.69) is 26.8 Å². The van der Waals surface area contributed by atoms with E-state index >= 15 is 0 Å². The Morgan fingerprint density at radius 1 is 1.18 bits per heavy atom. The highest BCUT2D eigenvalue weighted by Crippen LogP contribution is 2.48. The van der Waals surface area contributed by atoms with Crippen LogP contribution in [0.1, 0.15) is 32.6 Å². The average Bonchev–Trinajstić information content (AvgIpc) is 2.96. The molecule has 0 aromatic carbocycles. The third-order valence-electron chi connectivity index (χ3n) is 6.34. The van der Waals surface area contributed by atoms with Crippen molar-refractivity contribution in [3.8, 4) is 0 Å². The van der Waals surface area contributed by atoms with Crippen LogP contribution in [0.3, 0.4) is 0 Å². The van der Waals surface area contributed by atoms with Crippen molar-refractivity contribution in [3.05, 3.63) is 24.3 Å². The molecule has 9 heteroatoms. The molecule has 1 spiro atoms. The Kier molecular flexibility index (Phi) is 5.05. The number of aromatic nitrogens is 3.